The predicted molar refractivity (Wildman–Crippen MR) is 131 cm³/mol. The highest BCUT2D eigenvalue weighted by atomic mass is 19.4. The van der Waals surface area contributed by atoms with E-state index in [9.17, 15) is 22.8 Å². The summed E-state index contributed by atoms with van der Waals surface area (Å²) in [6, 6.07) is 10.6. The van der Waals surface area contributed by atoms with E-state index in [0.717, 1.165) is 18.4 Å². The topological polar surface area (TPSA) is 99.7 Å². The molecule has 0 unspecified atom stereocenters. The third kappa shape index (κ3) is 5.61. The Morgan fingerprint density at radius 2 is 1.76 bits per heavy atom. The summed E-state index contributed by atoms with van der Waals surface area (Å²) in [5, 5.41) is 0. The third-order valence-electron chi connectivity index (χ3n) is 7.03. The van der Waals surface area contributed by atoms with E-state index >= 15 is 0 Å². The number of primary amides is 1. The monoisotopic (exact) mass is 528 g/mol. The highest BCUT2D eigenvalue weighted by molar-refractivity contribution is 5.97. The number of piperidine rings is 1. The van der Waals surface area contributed by atoms with Gasteiger partial charge in [-0.2, -0.15) is 0 Å². The van der Waals surface area contributed by atoms with Gasteiger partial charge in [0.1, 0.15) is 17.6 Å². The molecule has 5 rings (SSSR count). The summed E-state index contributed by atoms with van der Waals surface area (Å²) in [4.78, 5) is 31.5. The van der Waals surface area contributed by atoms with Crippen LogP contribution in [0.1, 0.15) is 41.6 Å². The Morgan fingerprint density at radius 3 is 2.34 bits per heavy atom. The van der Waals surface area contributed by atoms with Crippen molar-refractivity contribution in [1.29, 1.82) is 0 Å². The molecule has 2 aliphatic heterocycles. The fraction of sp³-hybridized carbons (Fsp3) is 0.370. The predicted octanol–water partition coefficient (Wildman–Crippen LogP) is 4.23. The zero-order chi connectivity index (χ0) is 27.0. The van der Waals surface area contributed by atoms with Gasteiger partial charge >= 0.3 is 6.36 Å². The van der Waals surface area contributed by atoms with Crippen molar-refractivity contribution in [2.45, 2.75) is 56.7 Å². The summed E-state index contributed by atoms with van der Waals surface area (Å²) in [5.41, 5.74) is 8.01. The molecule has 38 heavy (non-hydrogen) atoms. The van der Waals surface area contributed by atoms with Crippen LogP contribution in [0, 0.1) is 0 Å². The molecular weight excluding hydrogens is 501 g/mol. The van der Waals surface area contributed by atoms with Crippen LogP contribution >= 0.6 is 0 Å². The van der Waals surface area contributed by atoms with E-state index in [1.165, 1.54) is 24.3 Å². The first-order chi connectivity index (χ1) is 18.1. The standard InChI is InChI=1S/C27H27F3N4O4/c1-33-14-23(32-15-33)17-4-9-24(22(11-17)26(31)36)37-21-12-18-5-6-19(13-21)34(18)25(35)10-16-2-7-20(8-3-16)38-27(28,29)30/h2-4,7-9,11,14-15,18-19,21H,5-6,10,12-13H2,1H3,(H2,31,36)/t18-,19+,21+. The Labute approximate surface area is 217 Å². The van der Waals surface area contributed by atoms with E-state index in [1.807, 2.05) is 28.8 Å². The lowest BCUT2D eigenvalue weighted by atomic mass is 9.98. The molecule has 3 atom stereocenters. The number of nitrogens with two attached hydrogens (primary N) is 1. The van der Waals surface area contributed by atoms with Crippen LogP contribution in [0.3, 0.4) is 0 Å². The number of halogens is 3. The number of aryl methyl sites for hydroxylation is 1. The molecule has 2 bridgehead atoms. The number of amides is 2. The number of nitrogens with zero attached hydrogens (tertiary/aromatic N) is 3. The molecular formula is C27H27F3N4O4. The van der Waals surface area contributed by atoms with Crippen LogP contribution in [-0.4, -0.2) is 50.8 Å². The molecule has 8 nitrogen and oxygen atoms in total. The highest BCUT2D eigenvalue weighted by Gasteiger charge is 2.44. The Morgan fingerprint density at radius 1 is 1.08 bits per heavy atom. The number of rotatable bonds is 7. The van der Waals surface area contributed by atoms with E-state index in [2.05, 4.69) is 9.72 Å². The molecule has 0 radical (unpaired) electrons. The van der Waals surface area contributed by atoms with Crippen molar-refractivity contribution in [3.8, 4) is 22.8 Å². The van der Waals surface area contributed by atoms with Gasteiger partial charge in [0.15, 0.2) is 0 Å². The van der Waals surface area contributed by atoms with Crippen molar-refractivity contribution in [3.05, 3.63) is 66.1 Å². The number of hydrogen-bond donors (Lipinski definition) is 1. The highest BCUT2D eigenvalue weighted by Crippen LogP contribution is 2.38. The van der Waals surface area contributed by atoms with Crippen LogP contribution < -0.4 is 15.2 Å². The second kappa shape index (κ2) is 10.0. The fourth-order valence-electron chi connectivity index (χ4n) is 5.43. The van der Waals surface area contributed by atoms with Crippen LogP contribution in [0.4, 0.5) is 13.2 Å². The number of hydrogen-bond acceptors (Lipinski definition) is 5. The molecule has 0 saturated carbocycles. The minimum absolute atomic E-state index is 0.0103. The number of carbonyl (C=O) groups is 2. The molecule has 3 heterocycles. The number of alkyl halides is 3. The fourth-order valence-corrected chi connectivity index (χ4v) is 5.43. The van der Waals surface area contributed by atoms with Gasteiger partial charge in [-0.05, 0) is 48.7 Å². The van der Waals surface area contributed by atoms with E-state index in [1.54, 1.807) is 18.5 Å². The number of imidazole rings is 1. The average Bonchev–Trinajstić information content (AvgIpc) is 3.40. The first kappa shape index (κ1) is 25.6. The van der Waals surface area contributed by atoms with E-state index in [4.69, 9.17) is 10.5 Å². The van der Waals surface area contributed by atoms with Crippen molar-refractivity contribution in [2.24, 2.45) is 12.8 Å². The average molecular weight is 529 g/mol. The van der Waals surface area contributed by atoms with Crippen molar-refractivity contribution in [1.82, 2.24) is 14.5 Å². The van der Waals surface area contributed by atoms with Gasteiger partial charge in [-0.1, -0.05) is 12.1 Å². The summed E-state index contributed by atoms with van der Waals surface area (Å²) in [6.45, 7) is 0. The molecule has 200 valence electrons. The summed E-state index contributed by atoms with van der Waals surface area (Å²) >= 11 is 0. The normalized spacial score (nSPS) is 20.8. The molecule has 2 amide bonds. The first-order valence-corrected chi connectivity index (χ1v) is 12.3. The lowest BCUT2D eigenvalue weighted by Crippen LogP contribution is -2.49. The van der Waals surface area contributed by atoms with Gasteiger partial charge in [0.05, 0.1) is 24.0 Å². The Bertz CT molecular complexity index is 1320. The molecule has 2 N–H and O–H groups in total. The zero-order valence-corrected chi connectivity index (χ0v) is 20.6. The van der Waals surface area contributed by atoms with Gasteiger partial charge in [0.25, 0.3) is 5.91 Å². The van der Waals surface area contributed by atoms with E-state index in [-0.39, 0.29) is 41.8 Å². The second-order valence-electron chi connectivity index (χ2n) is 9.77. The molecule has 3 aromatic rings. The minimum atomic E-state index is -4.76. The molecule has 2 fully saturated rings. The number of benzene rings is 2. The molecule has 11 heteroatoms. The van der Waals surface area contributed by atoms with E-state index in [0.29, 0.717) is 29.8 Å². The first-order valence-electron chi connectivity index (χ1n) is 12.3. The van der Waals surface area contributed by atoms with Crippen LogP contribution in [0.2, 0.25) is 0 Å². The summed E-state index contributed by atoms with van der Waals surface area (Å²) in [7, 11) is 1.86. The van der Waals surface area contributed by atoms with Gasteiger partial charge < -0.3 is 24.7 Å². The van der Waals surface area contributed by atoms with Gasteiger partial charge in [-0.3, -0.25) is 9.59 Å². The molecule has 0 aliphatic carbocycles. The maximum atomic E-state index is 13.1. The Kier molecular flexibility index (Phi) is 6.77. The van der Waals surface area contributed by atoms with Crippen LogP contribution in [0.5, 0.6) is 11.5 Å². The van der Waals surface area contributed by atoms with E-state index < -0.39 is 12.3 Å². The lowest BCUT2D eigenvalue weighted by Gasteiger charge is -2.39. The van der Waals surface area contributed by atoms with Crippen LogP contribution in [-0.2, 0) is 18.3 Å². The largest absolute Gasteiger partial charge is 0.573 e. The number of carbonyl (C=O) groups excluding carboxylic acids is 2. The smallest absolute Gasteiger partial charge is 0.489 e. The van der Waals surface area contributed by atoms with Crippen LogP contribution in [0.15, 0.2) is 55.0 Å². The summed E-state index contributed by atoms with van der Waals surface area (Å²) in [5.74, 6) is -0.587. The number of ether oxygens (including phenoxy) is 2. The maximum Gasteiger partial charge on any atom is 0.573 e. The maximum absolute atomic E-state index is 13.1. The van der Waals surface area contributed by atoms with Gasteiger partial charge in [-0.25, -0.2) is 4.98 Å². The lowest BCUT2D eigenvalue weighted by molar-refractivity contribution is -0.274. The van der Waals surface area contributed by atoms with Gasteiger partial charge in [-0.15, -0.1) is 13.2 Å². The Balaban J connectivity index is 1.23. The van der Waals surface area contributed by atoms with Crippen molar-refractivity contribution in [3.63, 3.8) is 0 Å². The Hall–Kier alpha value is -4.02. The zero-order valence-electron chi connectivity index (χ0n) is 20.6. The number of fused-ring (bicyclic) bond motifs is 2. The minimum Gasteiger partial charge on any atom is -0.489 e. The summed E-state index contributed by atoms with van der Waals surface area (Å²) < 4.78 is 49.1. The molecule has 2 saturated heterocycles. The quantitative estimate of drug-likeness (QED) is 0.495. The third-order valence-corrected chi connectivity index (χ3v) is 7.03. The summed E-state index contributed by atoms with van der Waals surface area (Å²) in [6.07, 6.45) is 1.57. The second-order valence-corrected chi connectivity index (χ2v) is 9.77. The molecule has 1 aromatic heterocycles. The molecule has 2 aliphatic rings. The molecule has 0 spiro atoms. The van der Waals surface area contributed by atoms with Crippen molar-refractivity contribution in [2.75, 3.05) is 0 Å². The van der Waals surface area contributed by atoms with Gasteiger partial charge in [0, 0.05) is 43.7 Å². The van der Waals surface area contributed by atoms with Crippen molar-refractivity contribution < 1.29 is 32.2 Å². The SMILES string of the molecule is Cn1cnc(-c2ccc(O[C@H]3C[C@H]4CC[C@@H](C3)N4C(=O)Cc3ccc(OC(F)(F)F)cc3)c(C(N)=O)c2)c1. The molecule has 2 aromatic carbocycles. The number of aromatic nitrogens is 2. The van der Waals surface area contributed by atoms with Crippen LogP contribution in [0.25, 0.3) is 11.3 Å². The van der Waals surface area contributed by atoms with Gasteiger partial charge in [0.2, 0.25) is 5.91 Å². The van der Waals surface area contributed by atoms with Crippen molar-refractivity contribution >= 4 is 11.8 Å².